The third-order valence-corrected chi connectivity index (χ3v) is 2.66. The molecule has 0 aromatic heterocycles. The van der Waals surface area contributed by atoms with Crippen LogP contribution in [0.1, 0.15) is 47.1 Å². The van der Waals surface area contributed by atoms with Gasteiger partial charge in [0, 0.05) is 17.5 Å². The van der Waals surface area contributed by atoms with Gasteiger partial charge in [-0.2, -0.15) is 0 Å². The highest BCUT2D eigenvalue weighted by atomic mass is 16.6. The zero-order valence-electron chi connectivity index (χ0n) is 16.4. The Hall–Kier alpha value is -3.03. The number of hydrogen-bond acceptors (Lipinski definition) is 5. The number of carboxylic acid groups (broad SMARTS) is 1. The zero-order valence-corrected chi connectivity index (χ0v) is 16.4. The van der Waals surface area contributed by atoms with Gasteiger partial charge in [-0.1, -0.05) is 0 Å². The fraction of sp³-hybridized carbons (Fsp3) is 0.421. The molecule has 3 N–H and O–H groups in total. The van der Waals surface area contributed by atoms with Crippen LogP contribution in [0.5, 0.6) is 0 Å². The summed E-state index contributed by atoms with van der Waals surface area (Å²) in [6.45, 7) is 10.4. The lowest BCUT2D eigenvalue weighted by Gasteiger charge is -2.21. The second-order valence-corrected chi connectivity index (χ2v) is 7.77. The first-order valence-electron chi connectivity index (χ1n) is 8.30. The number of carbonyl (C=O) groups excluding carboxylic acids is 2. The molecule has 148 valence electrons. The fourth-order valence-corrected chi connectivity index (χ4v) is 1.90. The molecule has 0 radical (unpaired) electrons. The molecule has 0 aliphatic rings. The van der Waals surface area contributed by atoms with E-state index in [2.05, 4.69) is 10.6 Å². The molecule has 0 aliphatic carbocycles. The van der Waals surface area contributed by atoms with Gasteiger partial charge in [-0.25, -0.2) is 14.4 Å². The molecule has 0 heterocycles. The average Bonchev–Trinajstić information content (AvgIpc) is 2.40. The lowest BCUT2D eigenvalue weighted by atomic mass is 10.1. The number of rotatable bonds is 4. The van der Waals surface area contributed by atoms with Crippen LogP contribution in [-0.4, -0.2) is 34.5 Å². The maximum Gasteiger partial charge on any atom is 0.412 e. The quantitative estimate of drug-likeness (QED) is 0.666. The third-order valence-electron chi connectivity index (χ3n) is 2.66. The summed E-state index contributed by atoms with van der Waals surface area (Å²) in [6.07, 6.45) is 0.933. The van der Waals surface area contributed by atoms with E-state index in [-0.39, 0.29) is 0 Å². The van der Waals surface area contributed by atoms with Crippen molar-refractivity contribution >= 4 is 35.6 Å². The van der Waals surface area contributed by atoms with Crippen LogP contribution in [0, 0.1) is 0 Å². The number of anilines is 2. The molecule has 0 atom stereocenters. The zero-order chi connectivity index (χ0) is 20.8. The summed E-state index contributed by atoms with van der Waals surface area (Å²) in [5, 5.41) is 13.9. The van der Waals surface area contributed by atoms with Crippen molar-refractivity contribution in [3.63, 3.8) is 0 Å². The number of benzene rings is 1. The molecule has 1 aromatic carbocycles. The number of aliphatic carboxylic acids is 1. The minimum Gasteiger partial charge on any atom is -0.478 e. The van der Waals surface area contributed by atoms with Gasteiger partial charge < -0.3 is 14.6 Å². The van der Waals surface area contributed by atoms with Gasteiger partial charge in [0.25, 0.3) is 0 Å². The maximum absolute atomic E-state index is 12.0. The van der Waals surface area contributed by atoms with Crippen LogP contribution in [-0.2, 0) is 14.3 Å². The predicted octanol–water partition coefficient (Wildman–Crippen LogP) is 4.48. The molecule has 0 aliphatic heterocycles. The molecular weight excluding hydrogens is 352 g/mol. The highest BCUT2D eigenvalue weighted by molar-refractivity contribution is 5.91. The Balaban J connectivity index is 3.07. The first-order chi connectivity index (χ1) is 12.2. The van der Waals surface area contributed by atoms with Gasteiger partial charge in [-0.05, 0) is 71.4 Å². The minimum atomic E-state index is -1.12. The van der Waals surface area contributed by atoms with Crippen LogP contribution >= 0.6 is 0 Å². The van der Waals surface area contributed by atoms with Gasteiger partial charge in [0.15, 0.2) is 0 Å². The molecule has 0 bridgehead atoms. The number of amides is 2. The van der Waals surface area contributed by atoms with Crippen molar-refractivity contribution < 1.29 is 29.0 Å². The van der Waals surface area contributed by atoms with Crippen molar-refractivity contribution in [1.82, 2.24) is 0 Å². The number of nitrogens with one attached hydrogen (secondary N) is 2. The molecule has 0 fully saturated rings. The summed E-state index contributed by atoms with van der Waals surface area (Å²) >= 11 is 0. The number of carboxylic acids is 1. The first-order valence-corrected chi connectivity index (χ1v) is 8.30. The van der Waals surface area contributed by atoms with Gasteiger partial charge in [-0.3, -0.25) is 10.6 Å². The second-order valence-electron chi connectivity index (χ2n) is 7.77. The molecule has 8 heteroatoms. The molecule has 1 rings (SSSR count). The monoisotopic (exact) mass is 378 g/mol. The van der Waals surface area contributed by atoms with E-state index in [0.717, 1.165) is 6.08 Å². The Bertz CT molecular complexity index is 693. The fourth-order valence-electron chi connectivity index (χ4n) is 1.90. The van der Waals surface area contributed by atoms with Crippen LogP contribution in [0.25, 0.3) is 6.08 Å². The lowest BCUT2D eigenvalue weighted by molar-refractivity contribution is -0.131. The van der Waals surface area contributed by atoms with Crippen LogP contribution in [0.15, 0.2) is 24.3 Å². The predicted molar refractivity (Wildman–Crippen MR) is 103 cm³/mol. The second kappa shape index (κ2) is 8.57. The largest absolute Gasteiger partial charge is 0.478 e. The van der Waals surface area contributed by atoms with Crippen LogP contribution in [0.2, 0.25) is 0 Å². The van der Waals surface area contributed by atoms with Gasteiger partial charge in [-0.15, -0.1) is 0 Å². The van der Waals surface area contributed by atoms with E-state index in [4.69, 9.17) is 14.6 Å². The summed E-state index contributed by atoms with van der Waals surface area (Å²) in [4.78, 5) is 34.7. The molecule has 0 spiro atoms. The Morgan fingerprint density at radius 3 is 1.59 bits per heavy atom. The van der Waals surface area contributed by atoms with E-state index < -0.39 is 29.4 Å². The molecule has 0 saturated heterocycles. The number of hydrogen-bond donors (Lipinski definition) is 3. The van der Waals surface area contributed by atoms with Crippen molar-refractivity contribution in [2.24, 2.45) is 0 Å². The molecule has 0 saturated carbocycles. The summed E-state index contributed by atoms with van der Waals surface area (Å²) in [7, 11) is 0. The Kier molecular flexibility index (Phi) is 6.99. The summed E-state index contributed by atoms with van der Waals surface area (Å²) in [6, 6.07) is 4.60. The standard InChI is InChI=1S/C19H26N2O6/c1-18(2,3)26-16(24)20-13-9-12(7-8-15(22)23)10-14(11-13)21-17(25)27-19(4,5)6/h7-11H,1-6H3,(H,20,24)(H,21,25)(H,22,23). The Morgan fingerprint density at radius 1 is 0.852 bits per heavy atom. The van der Waals surface area contributed by atoms with Crippen molar-refractivity contribution in [2.45, 2.75) is 52.7 Å². The van der Waals surface area contributed by atoms with E-state index in [9.17, 15) is 14.4 Å². The minimum absolute atomic E-state index is 0.322. The van der Waals surface area contributed by atoms with E-state index in [0.29, 0.717) is 16.9 Å². The van der Waals surface area contributed by atoms with Crippen molar-refractivity contribution in [1.29, 1.82) is 0 Å². The van der Waals surface area contributed by atoms with E-state index >= 15 is 0 Å². The molecule has 8 nitrogen and oxygen atoms in total. The topological polar surface area (TPSA) is 114 Å². The van der Waals surface area contributed by atoms with Gasteiger partial charge >= 0.3 is 18.2 Å². The van der Waals surface area contributed by atoms with Crippen LogP contribution in [0.4, 0.5) is 21.0 Å². The van der Waals surface area contributed by atoms with Gasteiger partial charge in [0.05, 0.1) is 0 Å². The number of carbonyl (C=O) groups is 3. The van der Waals surface area contributed by atoms with Crippen LogP contribution < -0.4 is 10.6 Å². The molecule has 1 aromatic rings. The third kappa shape index (κ3) is 9.88. The van der Waals surface area contributed by atoms with E-state index in [1.54, 1.807) is 53.7 Å². The van der Waals surface area contributed by atoms with Gasteiger partial charge in [0.2, 0.25) is 0 Å². The normalized spacial score (nSPS) is 11.8. The SMILES string of the molecule is CC(C)(C)OC(=O)Nc1cc(C=CC(=O)O)cc(NC(=O)OC(C)(C)C)c1. The van der Waals surface area contributed by atoms with Crippen molar-refractivity contribution in [2.75, 3.05) is 10.6 Å². The Morgan fingerprint density at radius 2 is 1.26 bits per heavy atom. The summed E-state index contributed by atoms with van der Waals surface area (Å²) in [5.41, 5.74) is -0.256. The molecule has 27 heavy (non-hydrogen) atoms. The maximum atomic E-state index is 12.0. The molecule has 2 amide bonds. The van der Waals surface area contributed by atoms with Crippen LogP contribution in [0.3, 0.4) is 0 Å². The van der Waals surface area contributed by atoms with Crippen molar-refractivity contribution in [3.05, 3.63) is 29.8 Å². The number of ether oxygens (including phenoxy) is 2. The van der Waals surface area contributed by atoms with E-state index in [1.807, 2.05) is 0 Å². The Labute approximate surface area is 158 Å². The van der Waals surface area contributed by atoms with Gasteiger partial charge in [0.1, 0.15) is 11.2 Å². The molecular formula is C19H26N2O6. The molecule has 0 unspecified atom stereocenters. The summed E-state index contributed by atoms with van der Waals surface area (Å²) < 4.78 is 10.4. The lowest BCUT2D eigenvalue weighted by Crippen LogP contribution is -2.28. The average molecular weight is 378 g/mol. The first kappa shape index (κ1) is 22.0. The van der Waals surface area contributed by atoms with Crippen molar-refractivity contribution in [3.8, 4) is 0 Å². The highest BCUT2D eigenvalue weighted by Crippen LogP contribution is 2.22. The smallest absolute Gasteiger partial charge is 0.412 e. The van der Waals surface area contributed by atoms with E-state index in [1.165, 1.54) is 12.1 Å². The highest BCUT2D eigenvalue weighted by Gasteiger charge is 2.18. The summed E-state index contributed by atoms with van der Waals surface area (Å²) in [5.74, 6) is -1.12.